The molecule has 0 aliphatic heterocycles. The van der Waals surface area contributed by atoms with Gasteiger partial charge < -0.3 is 14.2 Å². The summed E-state index contributed by atoms with van der Waals surface area (Å²) in [5.74, 6) is -0.921. The van der Waals surface area contributed by atoms with Crippen LogP contribution in [0, 0.1) is 0 Å². The van der Waals surface area contributed by atoms with Gasteiger partial charge >= 0.3 is 17.9 Å². The fourth-order valence-corrected chi connectivity index (χ4v) is 5.75. The number of esters is 3. The molecule has 0 saturated carbocycles. The number of hydrogen-bond acceptors (Lipinski definition) is 6. The van der Waals surface area contributed by atoms with E-state index in [1.165, 1.54) is 83.5 Å². The summed E-state index contributed by atoms with van der Waals surface area (Å²) in [6.45, 7) is 6.42. The number of ether oxygens (including phenoxy) is 3. The Labute approximate surface area is 308 Å². The summed E-state index contributed by atoms with van der Waals surface area (Å²) < 4.78 is 16.6. The van der Waals surface area contributed by atoms with Crippen molar-refractivity contribution >= 4 is 17.9 Å². The zero-order valence-electron chi connectivity index (χ0n) is 32.9. The summed E-state index contributed by atoms with van der Waals surface area (Å²) in [5, 5.41) is 0. The molecule has 1 unspecified atom stereocenters. The Balaban J connectivity index is 4.34. The molecule has 1 atom stereocenters. The van der Waals surface area contributed by atoms with E-state index >= 15 is 0 Å². The number of unbranched alkanes of at least 4 members (excludes halogenated alkanes) is 20. The molecule has 290 valence electrons. The average molecular weight is 703 g/mol. The molecule has 0 amide bonds. The molecule has 0 radical (unpaired) electrons. The first kappa shape index (κ1) is 47.6. The van der Waals surface area contributed by atoms with Gasteiger partial charge in [0.1, 0.15) is 13.2 Å². The zero-order chi connectivity index (χ0) is 36.6. The van der Waals surface area contributed by atoms with E-state index in [2.05, 4.69) is 57.2 Å². The van der Waals surface area contributed by atoms with Crippen molar-refractivity contribution in [3.05, 3.63) is 36.5 Å². The van der Waals surface area contributed by atoms with Crippen molar-refractivity contribution in [2.45, 2.75) is 213 Å². The molecule has 6 nitrogen and oxygen atoms in total. The lowest BCUT2D eigenvalue weighted by Gasteiger charge is -2.18. The fourth-order valence-electron chi connectivity index (χ4n) is 5.75. The van der Waals surface area contributed by atoms with Crippen LogP contribution in [0.2, 0.25) is 0 Å². The highest BCUT2D eigenvalue weighted by molar-refractivity contribution is 5.71. The molecule has 0 N–H and O–H groups in total. The quantitative estimate of drug-likeness (QED) is 0.0277. The number of carbonyl (C=O) groups excluding carboxylic acids is 3. The van der Waals surface area contributed by atoms with Crippen molar-refractivity contribution in [3.8, 4) is 0 Å². The second-order valence-electron chi connectivity index (χ2n) is 13.9. The lowest BCUT2D eigenvalue weighted by molar-refractivity contribution is -0.167. The molecule has 0 heterocycles. The minimum atomic E-state index is -0.774. The van der Waals surface area contributed by atoms with Gasteiger partial charge in [-0.2, -0.15) is 0 Å². The van der Waals surface area contributed by atoms with Gasteiger partial charge in [0, 0.05) is 19.3 Å². The van der Waals surface area contributed by atoms with Gasteiger partial charge in [0.2, 0.25) is 0 Å². The lowest BCUT2D eigenvalue weighted by Crippen LogP contribution is -2.30. The van der Waals surface area contributed by atoms with Crippen LogP contribution in [0.4, 0.5) is 0 Å². The second-order valence-corrected chi connectivity index (χ2v) is 13.9. The summed E-state index contributed by atoms with van der Waals surface area (Å²) in [6, 6.07) is 0. The molecule has 0 saturated heterocycles. The Morgan fingerprint density at radius 1 is 0.420 bits per heavy atom. The van der Waals surface area contributed by atoms with Crippen molar-refractivity contribution in [1.29, 1.82) is 0 Å². The van der Waals surface area contributed by atoms with Crippen LogP contribution in [-0.4, -0.2) is 37.2 Å². The molecule has 0 aromatic heterocycles. The summed E-state index contributed by atoms with van der Waals surface area (Å²) >= 11 is 0. The molecular weight excluding hydrogens is 624 g/mol. The third kappa shape index (κ3) is 36.9. The number of hydrogen-bond donors (Lipinski definition) is 0. The van der Waals surface area contributed by atoms with Crippen LogP contribution in [0.1, 0.15) is 207 Å². The molecule has 0 spiro atoms. The van der Waals surface area contributed by atoms with Crippen LogP contribution in [0.15, 0.2) is 36.5 Å². The largest absolute Gasteiger partial charge is 0.462 e. The monoisotopic (exact) mass is 703 g/mol. The third-order valence-electron chi connectivity index (χ3n) is 8.91. The maximum atomic E-state index is 12.6. The molecule has 0 aliphatic carbocycles. The van der Waals surface area contributed by atoms with Crippen molar-refractivity contribution < 1.29 is 28.6 Å². The first-order valence-corrected chi connectivity index (χ1v) is 21.0. The molecular formula is C44H78O6. The van der Waals surface area contributed by atoms with E-state index in [1.54, 1.807) is 0 Å². The predicted octanol–water partition coefficient (Wildman–Crippen LogP) is 13.0. The van der Waals surface area contributed by atoms with Gasteiger partial charge in [-0.05, 0) is 51.4 Å². The first-order chi connectivity index (χ1) is 24.5. The van der Waals surface area contributed by atoms with Gasteiger partial charge in [0.05, 0.1) is 0 Å². The van der Waals surface area contributed by atoms with Crippen molar-refractivity contribution in [1.82, 2.24) is 0 Å². The highest BCUT2D eigenvalue weighted by Gasteiger charge is 2.19. The standard InChI is InChI=1S/C44H78O6/c1-4-7-10-13-16-18-20-22-24-26-28-31-34-37-43(46)49-40-41(39-48-42(45)36-33-30-15-12-9-6-3)50-44(47)38-35-32-29-27-25-23-21-19-17-14-11-8-5-2/h7,10,16,18,22,24,41H,4-6,8-9,11-15,17,19-21,23,25-40H2,1-3H3/b10-7-,18-16-,24-22-. The van der Waals surface area contributed by atoms with Gasteiger partial charge in [0.15, 0.2) is 6.10 Å². The van der Waals surface area contributed by atoms with E-state index in [0.717, 1.165) is 83.5 Å². The number of allylic oxidation sites excluding steroid dienone is 6. The van der Waals surface area contributed by atoms with E-state index in [9.17, 15) is 14.4 Å². The van der Waals surface area contributed by atoms with Crippen LogP contribution in [0.3, 0.4) is 0 Å². The average Bonchev–Trinajstić information content (AvgIpc) is 3.11. The minimum absolute atomic E-state index is 0.0801. The van der Waals surface area contributed by atoms with Gasteiger partial charge in [-0.15, -0.1) is 0 Å². The Hall–Kier alpha value is -2.37. The lowest BCUT2D eigenvalue weighted by atomic mass is 10.0. The zero-order valence-corrected chi connectivity index (χ0v) is 32.9. The molecule has 0 fully saturated rings. The second kappa shape index (κ2) is 39.4. The topological polar surface area (TPSA) is 78.9 Å². The summed E-state index contributed by atoms with van der Waals surface area (Å²) in [4.78, 5) is 37.4. The Morgan fingerprint density at radius 3 is 1.22 bits per heavy atom. The van der Waals surface area contributed by atoms with Crippen LogP contribution in [0.5, 0.6) is 0 Å². The SMILES string of the molecule is CC/C=C\C/C=C\C/C=C\CCCCCC(=O)OCC(COC(=O)CCCCCCCC)OC(=O)CCCCCCCCCCCCCCC. The Morgan fingerprint density at radius 2 is 0.780 bits per heavy atom. The molecule has 0 aromatic rings. The van der Waals surface area contributed by atoms with E-state index in [0.29, 0.717) is 19.3 Å². The van der Waals surface area contributed by atoms with Gasteiger partial charge in [0.25, 0.3) is 0 Å². The van der Waals surface area contributed by atoms with Crippen molar-refractivity contribution in [2.75, 3.05) is 13.2 Å². The van der Waals surface area contributed by atoms with E-state index in [-0.39, 0.29) is 31.1 Å². The summed E-state index contributed by atoms with van der Waals surface area (Å²) in [6.07, 6.45) is 42.9. The van der Waals surface area contributed by atoms with E-state index in [4.69, 9.17) is 14.2 Å². The van der Waals surface area contributed by atoms with Crippen molar-refractivity contribution in [2.24, 2.45) is 0 Å². The predicted molar refractivity (Wildman–Crippen MR) is 210 cm³/mol. The van der Waals surface area contributed by atoms with Crippen LogP contribution < -0.4 is 0 Å². The maximum absolute atomic E-state index is 12.6. The minimum Gasteiger partial charge on any atom is -0.462 e. The summed E-state index contributed by atoms with van der Waals surface area (Å²) in [5.41, 5.74) is 0. The smallest absolute Gasteiger partial charge is 0.306 e. The highest BCUT2D eigenvalue weighted by Crippen LogP contribution is 2.14. The number of rotatable bonds is 37. The number of carbonyl (C=O) groups is 3. The molecule has 0 aromatic carbocycles. The molecule has 50 heavy (non-hydrogen) atoms. The van der Waals surface area contributed by atoms with Crippen LogP contribution in [0.25, 0.3) is 0 Å². The maximum Gasteiger partial charge on any atom is 0.306 e. The fraction of sp³-hybridized carbons (Fsp3) is 0.795. The first-order valence-electron chi connectivity index (χ1n) is 21.0. The van der Waals surface area contributed by atoms with Gasteiger partial charge in [-0.1, -0.05) is 173 Å². The van der Waals surface area contributed by atoms with Crippen LogP contribution in [-0.2, 0) is 28.6 Å². The Kier molecular flexibility index (Phi) is 37.5. The molecule has 0 bridgehead atoms. The van der Waals surface area contributed by atoms with E-state index in [1.807, 2.05) is 0 Å². The third-order valence-corrected chi connectivity index (χ3v) is 8.91. The normalized spacial score (nSPS) is 12.3. The Bertz CT molecular complexity index is 861. The molecule has 0 aliphatic rings. The van der Waals surface area contributed by atoms with Crippen molar-refractivity contribution in [3.63, 3.8) is 0 Å². The molecule has 0 rings (SSSR count). The van der Waals surface area contributed by atoms with Crippen LogP contribution >= 0.6 is 0 Å². The highest BCUT2D eigenvalue weighted by atomic mass is 16.6. The van der Waals surface area contributed by atoms with Gasteiger partial charge in [-0.25, -0.2) is 0 Å². The summed E-state index contributed by atoms with van der Waals surface area (Å²) in [7, 11) is 0. The molecule has 6 heteroatoms. The van der Waals surface area contributed by atoms with E-state index < -0.39 is 6.10 Å². The van der Waals surface area contributed by atoms with Gasteiger partial charge in [-0.3, -0.25) is 14.4 Å².